The van der Waals surface area contributed by atoms with E-state index in [-0.39, 0.29) is 0 Å². The van der Waals surface area contributed by atoms with E-state index in [2.05, 4.69) is 0 Å². The van der Waals surface area contributed by atoms with Gasteiger partial charge < -0.3 is 14.6 Å². The highest BCUT2D eigenvalue weighted by atomic mass is 16.5. The van der Waals surface area contributed by atoms with Crippen LogP contribution in [-0.4, -0.2) is 32.0 Å². The fourth-order valence-electron chi connectivity index (χ4n) is 1.11. The molecular formula is C11H16O3. The van der Waals surface area contributed by atoms with Crippen molar-refractivity contribution >= 4 is 0 Å². The van der Waals surface area contributed by atoms with Crippen LogP contribution in [0.25, 0.3) is 0 Å². The van der Waals surface area contributed by atoms with Gasteiger partial charge in [-0.3, -0.25) is 0 Å². The van der Waals surface area contributed by atoms with E-state index in [0.717, 1.165) is 5.56 Å². The number of hydrogen-bond acceptors (Lipinski definition) is 3. The van der Waals surface area contributed by atoms with Gasteiger partial charge in [0, 0.05) is 7.11 Å². The summed E-state index contributed by atoms with van der Waals surface area (Å²) in [7, 11) is 1.62. The molecule has 1 atom stereocenters. The number of aliphatic hydroxyl groups excluding tert-OH is 1. The summed E-state index contributed by atoms with van der Waals surface area (Å²) < 4.78 is 10.0. The van der Waals surface area contributed by atoms with Gasteiger partial charge in [0.15, 0.2) is 0 Å². The molecule has 0 amide bonds. The molecule has 0 spiro atoms. The average molecular weight is 196 g/mol. The summed E-state index contributed by atoms with van der Waals surface area (Å²) in [6.07, 6.45) is -0.548. The van der Waals surface area contributed by atoms with Gasteiger partial charge >= 0.3 is 0 Å². The van der Waals surface area contributed by atoms with Crippen LogP contribution >= 0.6 is 0 Å². The molecule has 0 radical (unpaired) electrons. The number of aliphatic hydroxyl groups is 1. The number of hydrogen-bond donors (Lipinski definition) is 1. The fraction of sp³-hybridized carbons (Fsp3) is 0.455. The van der Waals surface area contributed by atoms with Crippen molar-refractivity contribution in [2.45, 2.75) is 6.10 Å². The van der Waals surface area contributed by atoms with Gasteiger partial charge in [0.25, 0.3) is 0 Å². The molecule has 3 heteroatoms. The standard InChI is InChI=1S/C11H16O3/c1-13-7-8-14-9-11(12)10-5-3-2-4-6-10/h2-6,11-12H,7-9H2,1H3. The van der Waals surface area contributed by atoms with Gasteiger partial charge in [-0.15, -0.1) is 0 Å². The van der Waals surface area contributed by atoms with Gasteiger partial charge in [0.2, 0.25) is 0 Å². The molecule has 1 unspecified atom stereocenters. The van der Waals surface area contributed by atoms with Crippen molar-refractivity contribution in [3.8, 4) is 0 Å². The molecule has 0 saturated heterocycles. The maximum absolute atomic E-state index is 9.65. The Balaban J connectivity index is 2.25. The smallest absolute Gasteiger partial charge is 0.102 e. The summed E-state index contributed by atoms with van der Waals surface area (Å²) in [5.74, 6) is 0. The van der Waals surface area contributed by atoms with Crippen LogP contribution < -0.4 is 0 Å². The summed E-state index contributed by atoms with van der Waals surface area (Å²) in [5, 5.41) is 9.65. The normalized spacial score (nSPS) is 12.7. The maximum atomic E-state index is 9.65. The minimum absolute atomic E-state index is 0.313. The lowest BCUT2D eigenvalue weighted by molar-refractivity contribution is 0.0126. The second kappa shape index (κ2) is 6.54. The Hall–Kier alpha value is -0.900. The second-order valence-electron chi connectivity index (χ2n) is 2.99. The zero-order chi connectivity index (χ0) is 10.2. The maximum Gasteiger partial charge on any atom is 0.102 e. The largest absolute Gasteiger partial charge is 0.386 e. The Bertz CT molecular complexity index is 236. The molecule has 0 heterocycles. The average Bonchev–Trinajstić information content (AvgIpc) is 2.25. The molecule has 14 heavy (non-hydrogen) atoms. The predicted molar refractivity (Wildman–Crippen MR) is 54.1 cm³/mol. The highest BCUT2D eigenvalue weighted by Crippen LogP contribution is 2.11. The second-order valence-corrected chi connectivity index (χ2v) is 2.99. The van der Waals surface area contributed by atoms with E-state index < -0.39 is 6.10 Å². The molecule has 0 saturated carbocycles. The van der Waals surface area contributed by atoms with Crippen molar-refractivity contribution in [2.75, 3.05) is 26.9 Å². The van der Waals surface area contributed by atoms with E-state index in [1.54, 1.807) is 7.11 Å². The van der Waals surface area contributed by atoms with Crippen molar-refractivity contribution in [1.29, 1.82) is 0 Å². The summed E-state index contributed by atoms with van der Waals surface area (Å²) in [6.45, 7) is 1.38. The molecule has 0 aliphatic rings. The summed E-state index contributed by atoms with van der Waals surface area (Å²) in [4.78, 5) is 0. The zero-order valence-corrected chi connectivity index (χ0v) is 8.35. The van der Waals surface area contributed by atoms with Gasteiger partial charge in [-0.2, -0.15) is 0 Å². The van der Waals surface area contributed by atoms with Crippen molar-refractivity contribution in [3.63, 3.8) is 0 Å². The molecule has 1 N–H and O–H groups in total. The lowest BCUT2D eigenvalue weighted by Gasteiger charge is -2.10. The molecule has 0 aromatic heterocycles. The van der Waals surface area contributed by atoms with Gasteiger partial charge in [0.1, 0.15) is 6.10 Å². The van der Waals surface area contributed by atoms with Crippen LogP contribution in [0.5, 0.6) is 0 Å². The van der Waals surface area contributed by atoms with E-state index in [0.29, 0.717) is 19.8 Å². The van der Waals surface area contributed by atoms with Gasteiger partial charge in [-0.05, 0) is 5.56 Å². The van der Waals surface area contributed by atoms with Crippen LogP contribution in [0.3, 0.4) is 0 Å². The number of rotatable bonds is 6. The first-order chi connectivity index (χ1) is 6.84. The third kappa shape index (κ3) is 3.87. The quantitative estimate of drug-likeness (QED) is 0.699. The van der Waals surface area contributed by atoms with Gasteiger partial charge in [0.05, 0.1) is 19.8 Å². The van der Waals surface area contributed by atoms with Crippen molar-refractivity contribution in [3.05, 3.63) is 35.9 Å². The van der Waals surface area contributed by atoms with Crippen LogP contribution in [0.15, 0.2) is 30.3 Å². The monoisotopic (exact) mass is 196 g/mol. The third-order valence-electron chi connectivity index (χ3n) is 1.89. The summed E-state index contributed by atoms with van der Waals surface area (Å²) in [6, 6.07) is 9.47. The van der Waals surface area contributed by atoms with Crippen molar-refractivity contribution < 1.29 is 14.6 Å². The first-order valence-electron chi connectivity index (χ1n) is 4.64. The van der Waals surface area contributed by atoms with Crippen LogP contribution in [0, 0.1) is 0 Å². The molecule has 1 aromatic carbocycles. The van der Waals surface area contributed by atoms with E-state index in [4.69, 9.17) is 9.47 Å². The molecule has 0 aliphatic heterocycles. The van der Waals surface area contributed by atoms with E-state index in [9.17, 15) is 5.11 Å². The Morgan fingerprint density at radius 2 is 1.93 bits per heavy atom. The lowest BCUT2D eigenvalue weighted by atomic mass is 10.1. The number of methoxy groups -OCH3 is 1. The molecule has 3 nitrogen and oxygen atoms in total. The molecular weight excluding hydrogens is 180 g/mol. The first kappa shape index (κ1) is 11.2. The van der Waals surface area contributed by atoms with Gasteiger partial charge in [-0.25, -0.2) is 0 Å². The van der Waals surface area contributed by atoms with E-state index in [1.807, 2.05) is 30.3 Å². The lowest BCUT2D eigenvalue weighted by Crippen LogP contribution is -2.10. The Labute approximate surface area is 84.3 Å². The molecule has 0 bridgehead atoms. The van der Waals surface area contributed by atoms with Crippen molar-refractivity contribution in [2.24, 2.45) is 0 Å². The predicted octanol–water partition coefficient (Wildman–Crippen LogP) is 1.38. The van der Waals surface area contributed by atoms with Crippen LogP contribution in [0.1, 0.15) is 11.7 Å². The fourth-order valence-corrected chi connectivity index (χ4v) is 1.11. The Morgan fingerprint density at radius 1 is 1.21 bits per heavy atom. The van der Waals surface area contributed by atoms with E-state index in [1.165, 1.54) is 0 Å². The van der Waals surface area contributed by atoms with Crippen molar-refractivity contribution in [1.82, 2.24) is 0 Å². The first-order valence-corrected chi connectivity index (χ1v) is 4.64. The molecule has 78 valence electrons. The zero-order valence-electron chi connectivity index (χ0n) is 8.35. The highest BCUT2D eigenvalue weighted by Gasteiger charge is 2.05. The van der Waals surface area contributed by atoms with E-state index >= 15 is 0 Å². The molecule has 0 aliphatic carbocycles. The third-order valence-corrected chi connectivity index (χ3v) is 1.89. The Kier molecular flexibility index (Phi) is 5.22. The minimum Gasteiger partial charge on any atom is -0.386 e. The Morgan fingerprint density at radius 3 is 2.57 bits per heavy atom. The van der Waals surface area contributed by atoms with Crippen LogP contribution in [0.2, 0.25) is 0 Å². The SMILES string of the molecule is COCCOCC(O)c1ccccc1. The minimum atomic E-state index is -0.548. The highest BCUT2D eigenvalue weighted by molar-refractivity contribution is 5.17. The topological polar surface area (TPSA) is 38.7 Å². The number of benzene rings is 1. The summed E-state index contributed by atoms with van der Waals surface area (Å²) >= 11 is 0. The summed E-state index contributed by atoms with van der Waals surface area (Å²) in [5.41, 5.74) is 0.880. The van der Waals surface area contributed by atoms with Crippen LogP contribution in [0.4, 0.5) is 0 Å². The van der Waals surface area contributed by atoms with Gasteiger partial charge in [-0.1, -0.05) is 30.3 Å². The van der Waals surface area contributed by atoms with Crippen LogP contribution in [-0.2, 0) is 9.47 Å². The molecule has 0 fully saturated rings. The molecule has 1 aromatic rings. The number of ether oxygens (including phenoxy) is 2. The molecule has 1 rings (SSSR count).